The van der Waals surface area contributed by atoms with Gasteiger partial charge in [-0.05, 0) is 42.4 Å². The molecule has 1 atom stereocenters. The van der Waals surface area contributed by atoms with Gasteiger partial charge in [-0.2, -0.15) is 0 Å². The van der Waals surface area contributed by atoms with Crippen molar-refractivity contribution in [3.63, 3.8) is 0 Å². The molecular formula is C14H20N2O. The van der Waals surface area contributed by atoms with Crippen LogP contribution in [0.1, 0.15) is 44.0 Å². The van der Waals surface area contributed by atoms with Crippen LogP contribution in [0.5, 0.6) is 0 Å². The smallest absolute Gasteiger partial charge is 0.146 e. The molecule has 1 aromatic rings. The molecule has 1 aromatic heterocycles. The normalized spacial score (nSPS) is 18.8. The summed E-state index contributed by atoms with van der Waals surface area (Å²) in [5.74, 6) is 0.0455. The third-order valence-electron chi connectivity index (χ3n) is 3.54. The first-order valence-electron chi connectivity index (χ1n) is 6.05. The summed E-state index contributed by atoms with van der Waals surface area (Å²) in [5, 5.41) is 0. The van der Waals surface area contributed by atoms with Crippen molar-refractivity contribution >= 4 is 11.9 Å². The highest BCUT2D eigenvalue weighted by Crippen LogP contribution is 2.37. The molecule has 0 saturated carbocycles. The van der Waals surface area contributed by atoms with E-state index in [-0.39, 0.29) is 11.2 Å². The van der Waals surface area contributed by atoms with E-state index in [0.717, 1.165) is 12.1 Å². The van der Waals surface area contributed by atoms with E-state index in [4.69, 9.17) is 5.73 Å². The number of ketones is 1. The maximum atomic E-state index is 11.3. The fourth-order valence-corrected chi connectivity index (χ4v) is 2.53. The van der Waals surface area contributed by atoms with Crippen LogP contribution < -0.4 is 5.73 Å². The number of carbonyl (C=O) groups excluding carboxylic acids is 1. The number of hydrogen-bond acceptors (Lipinski definition) is 2. The van der Waals surface area contributed by atoms with Gasteiger partial charge in [-0.1, -0.05) is 19.9 Å². The summed E-state index contributed by atoms with van der Waals surface area (Å²) in [5.41, 5.74) is 9.62. The van der Waals surface area contributed by atoms with Crippen molar-refractivity contribution in [2.24, 2.45) is 5.73 Å². The van der Waals surface area contributed by atoms with Gasteiger partial charge in [0, 0.05) is 11.9 Å². The fraction of sp³-hybridized carbons (Fsp3) is 0.500. The van der Waals surface area contributed by atoms with Crippen molar-refractivity contribution in [3.8, 4) is 0 Å². The van der Waals surface area contributed by atoms with E-state index in [9.17, 15) is 4.79 Å². The number of nitrogens with one attached hydrogen (secondary N) is 1. The van der Waals surface area contributed by atoms with Gasteiger partial charge in [0.1, 0.15) is 5.78 Å². The van der Waals surface area contributed by atoms with Crippen molar-refractivity contribution in [2.45, 2.75) is 45.1 Å². The predicted molar refractivity (Wildman–Crippen MR) is 69.8 cm³/mol. The Hall–Kier alpha value is -1.35. The van der Waals surface area contributed by atoms with E-state index in [1.165, 1.54) is 11.1 Å². The number of fused-ring (bicyclic) bond motifs is 1. The van der Waals surface area contributed by atoms with E-state index >= 15 is 0 Å². The highest BCUT2D eigenvalue weighted by molar-refractivity contribution is 5.81. The number of rotatable bonds is 3. The molecule has 0 aliphatic heterocycles. The Labute approximate surface area is 102 Å². The lowest BCUT2D eigenvalue weighted by Gasteiger charge is -2.28. The van der Waals surface area contributed by atoms with Gasteiger partial charge in [-0.3, -0.25) is 4.79 Å². The second kappa shape index (κ2) is 4.15. The summed E-state index contributed by atoms with van der Waals surface area (Å²) in [6.45, 7) is 6.01. The van der Waals surface area contributed by atoms with Crippen LogP contribution in [-0.4, -0.2) is 16.8 Å². The zero-order valence-corrected chi connectivity index (χ0v) is 10.7. The average molecular weight is 232 g/mol. The van der Waals surface area contributed by atoms with Crippen molar-refractivity contribution in [3.05, 3.63) is 29.1 Å². The number of aromatic amines is 1. The molecule has 0 radical (unpaired) electrons. The number of H-pyrrole nitrogens is 1. The maximum absolute atomic E-state index is 11.3. The third kappa shape index (κ3) is 2.20. The first-order chi connectivity index (χ1) is 7.92. The Morgan fingerprint density at radius 2 is 2.29 bits per heavy atom. The maximum Gasteiger partial charge on any atom is 0.146 e. The second-order valence-electron chi connectivity index (χ2n) is 5.51. The van der Waals surface area contributed by atoms with Gasteiger partial charge in [0.25, 0.3) is 0 Å². The molecule has 0 fully saturated rings. The van der Waals surface area contributed by atoms with Gasteiger partial charge in [0.2, 0.25) is 0 Å². The van der Waals surface area contributed by atoms with Crippen molar-refractivity contribution in [1.29, 1.82) is 0 Å². The molecule has 0 spiro atoms. The average Bonchev–Trinajstić information content (AvgIpc) is 2.62. The molecule has 17 heavy (non-hydrogen) atoms. The van der Waals surface area contributed by atoms with Gasteiger partial charge in [-0.15, -0.1) is 0 Å². The molecule has 1 aliphatic rings. The highest BCUT2D eigenvalue weighted by atomic mass is 16.1. The summed E-state index contributed by atoms with van der Waals surface area (Å²) in [4.78, 5) is 14.5. The summed E-state index contributed by atoms with van der Waals surface area (Å²) >= 11 is 0. The molecule has 0 unspecified atom stereocenters. The van der Waals surface area contributed by atoms with Gasteiger partial charge < -0.3 is 10.7 Å². The number of carbonyl (C=O) groups is 1. The number of allylic oxidation sites excluding steroid dienone is 1. The lowest BCUT2D eigenvalue weighted by molar-refractivity contribution is -0.118. The SMILES string of the molecule is CC(=O)[C@@H](N)Cc1c[nH]c2c1C(C)(C)CC=C2. The quantitative estimate of drug-likeness (QED) is 0.839. The molecule has 0 amide bonds. The number of hydrogen-bond donors (Lipinski definition) is 2. The van der Waals surface area contributed by atoms with Crippen LogP contribution in [0.3, 0.4) is 0 Å². The minimum atomic E-state index is -0.392. The predicted octanol–water partition coefficient (Wildman–Crippen LogP) is 2.17. The summed E-state index contributed by atoms with van der Waals surface area (Å²) < 4.78 is 0. The highest BCUT2D eigenvalue weighted by Gasteiger charge is 2.29. The van der Waals surface area contributed by atoms with E-state index in [2.05, 4.69) is 31.0 Å². The molecule has 0 aromatic carbocycles. The Bertz CT molecular complexity index is 469. The van der Waals surface area contributed by atoms with Crippen molar-refractivity contribution in [1.82, 2.24) is 4.98 Å². The molecular weight excluding hydrogens is 212 g/mol. The molecule has 3 N–H and O–H groups in total. The van der Waals surface area contributed by atoms with Crippen LogP contribution >= 0.6 is 0 Å². The van der Waals surface area contributed by atoms with Gasteiger partial charge in [0.15, 0.2) is 0 Å². The lowest BCUT2D eigenvalue weighted by Crippen LogP contribution is -2.32. The molecule has 3 heteroatoms. The van der Waals surface area contributed by atoms with E-state index in [1.54, 1.807) is 6.92 Å². The second-order valence-corrected chi connectivity index (χ2v) is 5.51. The molecule has 0 saturated heterocycles. The molecule has 0 bridgehead atoms. The first kappa shape index (κ1) is 12.1. The molecule has 1 aliphatic carbocycles. The van der Waals surface area contributed by atoms with Crippen molar-refractivity contribution in [2.75, 3.05) is 0 Å². The van der Waals surface area contributed by atoms with Crippen LogP contribution in [0, 0.1) is 0 Å². The lowest BCUT2D eigenvalue weighted by atomic mass is 9.76. The van der Waals surface area contributed by atoms with Crippen LogP contribution in [0.2, 0.25) is 0 Å². The zero-order valence-electron chi connectivity index (χ0n) is 10.7. The number of nitrogens with two attached hydrogens (primary N) is 1. The van der Waals surface area contributed by atoms with Crippen molar-refractivity contribution < 1.29 is 4.79 Å². The Morgan fingerprint density at radius 1 is 1.59 bits per heavy atom. The third-order valence-corrected chi connectivity index (χ3v) is 3.54. The minimum Gasteiger partial charge on any atom is -0.361 e. The summed E-state index contributed by atoms with van der Waals surface area (Å²) in [7, 11) is 0. The summed E-state index contributed by atoms with van der Waals surface area (Å²) in [6.07, 6.45) is 7.94. The number of Topliss-reactive ketones (excluding diaryl/α,β-unsaturated/α-hetero) is 1. The molecule has 92 valence electrons. The van der Waals surface area contributed by atoms with Crippen LogP contribution in [-0.2, 0) is 16.6 Å². The Morgan fingerprint density at radius 3 is 2.94 bits per heavy atom. The topological polar surface area (TPSA) is 58.9 Å². The van der Waals surface area contributed by atoms with Crippen LogP contribution in [0.15, 0.2) is 12.3 Å². The van der Waals surface area contributed by atoms with E-state index in [1.807, 2.05) is 6.20 Å². The zero-order chi connectivity index (χ0) is 12.6. The Kier molecular flexibility index (Phi) is 2.96. The van der Waals surface area contributed by atoms with Gasteiger partial charge in [-0.25, -0.2) is 0 Å². The molecule has 2 rings (SSSR count). The van der Waals surface area contributed by atoms with Gasteiger partial charge in [0.05, 0.1) is 6.04 Å². The minimum absolute atomic E-state index is 0.0455. The van der Waals surface area contributed by atoms with Crippen LogP contribution in [0.4, 0.5) is 0 Å². The Balaban J connectivity index is 2.35. The van der Waals surface area contributed by atoms with E-state index < -0.39 is 6.04 Å². The summed E-state index contributed by atoms with van der Waals surface area (Å²) in [6, 6.07) is -0.392. The molecule has 1 heterocycles. The van der Waals surface area contributed by atoms with E-state index in [0.29, 0.717) is 6.42 Å². The largest absolute Gasteiger partial charge is 0.361 e. The monoisotopic (exact) mass is 232 g/mol. The fourth-order valence-electron chi connectivity index (χ4n) is 2.53. The van der Waals surface area contributed by atoms with Crippen LogP contribution in [0.25, 0.3) is 6.08 Å². The first-order valence-corrected chi connectivity index (χ1v) is 6.05. The number of aromatic nitrogens is 1. The van der Waals surface area contributed by atoms with Gasteiger partial charge >= 0.3 is 0 Å². The standard InChI is InChI=1S/C14H20N2O/c1-9(17)11(15)7-10-8-16-12-5-4-6-14(2,3)13(10)12/h4-5,8,11,16H,6-7,15H2,1-3H3/t11-/m0/s1. The molecule has 3 nitrogen and oxygen atoms in total.